The van der Waals surface area contributed by atoms with Gasteiger partial charge in [-0.1, -0.05) is 67.1 Å². The SMILES string of the molecule is Cc1ccc(CC(C)C(=O)NC(Cc2ccccc2)C(=O)O)cc1. The molecule has 0 aromatic heterocycles. The van der Waals surface area contributed by atoms with Gasteiger partial charge in [-0.3, -0.25) is 4.79 Å². The maximum atomic E-state index is 12.3. The van der Waals surface area contributed by atoms with Crippen molar-refractivity contribution in [1.29, 1.82) is 0 Å². The highest BCUT2D eigenvalue weighted by atomic mass is 16.4. The minimum absolute atomic E-state index is 0.237. The largest absolute Gasteiger partial charge is 0.480 e. The van der Waals surface area contributed by atoms with Crippen LogP contribution in [0.1, 0.15) is 23.6 Å². The molecule has 0 spiro atoms. The number of carboxylic acid groups (broad SMARTS) is 1. The molecule has 2 atom stereocenters. The first kappa shape index (κ1) is 17.7. The lowest BCUT2D eigenvalue weighted by atomic mass is 9.98. The molecule has 0 saturated heterocycles. The van der Waals surface area contributed by atoms with Crippen molar-refractivity contribution in [3.8, 4) is 0 Å². The van der Waals surface area contributed by atoms with E-state index < -0.39 is 12.0 Å². The third kappa shape index (κ3) is 5.23. The summed E-state index contributed by atoms with van der Waals surface area (Å²) in [5.41, 5.74) is 3.12. The molecule has 2 aromatic carbocycles. The quantitative estimate of drug-likeness (QED) is 0.822. The normalized spacial score (nSPS) is 13.1. The molecule has 0 aliphatic carbocycles. The molecule has 0 bridgehead atoms. The van der Waals surface area contributed by atoms with Crippen molar-refractivity contribution in [2.75, 3.05) is 0 Å². The molecule has 24 heavy (non-hydrogen) atoms. The van der Waals surface area contributed by atoms with Crippen molar-refractivity contribution in [2.24, 2.45) is 5.92 Å². The zero-order valence-corrected chi connectivity index (χ0v) is 14.0. The van der Waals surface area contributed by atoms with Crippen LogP contribution in [0.15, 0.2) is 54.6 Å². The van der Waals surface area contributed by atoms with Crippen molar-refractivity contribution >= 4 is 11.9 Å². The molecule has 2 N–H and O–H groups in total. The summed E-state index contributed by atoms with van der Waals surface area (Å²) in [4.78, 5) is 23.8. The van der Waals surface area contributed by atoms with Gasteiger partial charge in [-0.2, -0.15) is 0 Å². The number of hydrogen-bond acceptors (Lipinski definition) is 2. The molecule has 0 aliphatic heterocycles. The van der Waals surface area contributed by atoms with E-state index in [1.54, 1.807) is 0 Å². The predicted octanol–water partition coefficient (Wildman–Crippen LogP) is 2.99. The summed E-state index contributed by atoms with van der Waals surface area (Å²) in [5, 5.41) is 12.0. The lowest BCUT2D eigenvalue weighted by Crippen LogP contribution is -2.44. The van der Waals surface area contributed by atoms with E-state index in [9.17, 15) is 14.7 Å². The van der Waals surface area contributed by atoms with Crippen LogP contribution >= 0.6 is 0 Å². The Morgan fingerprint density at radius 1 is 0.958 bits per heavy atom. The summed E-state index contributed by atoms with van der Waals surface area (Å²) >= 11 is 0. The molecule has 0 saturated carbocycles. The van der Waals surface area contributed by atoms with Gasteiger partial charge >= 0.3 is 5.97 Å². The van der Waals surface area contributed by atoms with Crippen LogP contribution in [0.3, 0.4) is 0 Å². The highest BCUT2D eigenvalue weighted by molar-refractivity contribution is 5.85. The first-order valence-electron chi connectivity index (χ1n) is 8.08. The van der Waals surface area contributed by atoms with Crippen LogP contribution in [0, 0.1) is 12.8 Å². The summed E-state index contributed by atoms with van der Waals surface area (Å²) in [6.45, 7) is 3.83. The number of carbonyl (C=O) groups is 2. The van der Waals surface area contributed by atoms with Gasteiger partial charge in [-0.25, -0.2) is 4.79 Å². The van der Waals surface area contributed by atoms with Crippen molar-refractivity contribution in [3.05, 3.63) is 71.3 Å². The predicted molar refractivity (Wildman–Crippen MR) is 93.8 cm³/mol. The van der Waals surface area contributed by atoms with Crippen molar-refractivity contribution in [1.82, 2.24) is 5.32 Å². The molecule has 2 unspecified atom stereocenters. The van der Waals surface area contributed by atoms with Crippen LogP contribution in [-0.2, 0) is 22.4 Å². The van der Waals surface area contributed by atoms with E-state index in [-0.39, 0.29) is 18.2 Å². The first-order valence-corrected chi connectivity index (χ1v) is 8.08. The topological polar surface area (TPSA) is 66.4 Å². The highest BCUT2D eigenvalue weighted by Gasteiger charge is 2.23. The van der Waals surface area contributed by atoms with Crippen LogP contribution in [0.4, 0.5) is 0 Å². The van der Waals surface area contributed by atoms with Gasteiger partial charge in [-0.15, -0.1) is 0 Å². The van der Waals surface area contributed by atoms with Gasteiger partial charge in [0.2, 0.25) is 5.91 Å². The smallest absolute Gasteiger partial charge is 0.326 e. The second-order valence-electron chi connectivity index (χ2n) is 6.18. The number of amides is 1. The van der Waals surface area contributed by atoms with E-state index in [0.717, 1.165) is 11.1 Å². The van der Waals surface area contributed by atoms with E-state index in [0.29, 0.717) is 6.42 Å². The fourth-order valence-corrected chi connectivity index (χ4v) is 2.53. The Bertz CT molecular complexity index is 680. The summed E-state index contributed by atoms with van der Waals surface area (Å²) < 4.78 is 0. The Labute approximate surface area is 142 Å². The molecule has 4 heteroatoms. The minimum atomic E-state index is -1.02. The summed E-state index contributed by atoms with van der Waals surface area (Å²) in [5.74, 6) is -1.54. The second kappa shape index (κ2) is 8.29. The van der Waals surface area contributed by atoms with E-state index >= 15 is 0 Å². The molecular formula is C20H23NO3. The maximum absolute atomic E-state index is 12.3. The molecule has 2 rings (SSSR count). The number of aryl methyl sites for hydroxylation is 1. The van der Waals surface area contributed by atoms with Gasteiger partial charge in [0.15, 0.2) is 0 Å². The van der Waals surface area contributed by atoms with Crippen LogP contribution < -0.4 is 5.32 Å². The van der Waals surface area contributed by atoms with Crippen LogP contribution in [-0.4, -0.2) is 23.0 Å². The molecule has 126 valence electrons. The average molecular weight is 325 g/mol. The van der Waals surface area contributed by atoms with Gasteiger partial charge in [0.1, 0.15) is 6.04 Å². The Morgan fingerprint density at radius 2 is 1.54 bits per heavy atom. The van der Waals surface area contributed by atoms with Crippen LogP contribution in [0.2, 0.25) is 0 Å². The van der Waals surface area contributed by atoms with E-state index in [2.05, 4.69) is 5.32 Å². The summed E-state index contributed by atoms with van der Waals surface area (Å²) in [7, 11) is 0. The molecule has 0 heterocycles. The van der Waals surface area contributed by atoms with Crippen molar-refractivity contribution in [3.63, 3.8) is 0 Å². The number of carboxylic acids is 1. The van der Waals surface area contributed by atoms with Gasteiger partial charge in [0, 0.05) is 12.3 Å². The maximum Gasteiger partial charge on any atom is 0.326 e. The lowest BCUT2D eigenvalue weighted by molar-refractivity contribution is -0.142. The Hall–Kier alpha value is -2.62. The number of rotatable bonds is 7. The number of benzene rings is 2. The fourth-order valence-electron chi connectivity index (χ4n) is 2.53. The number of hydrogen-bond donors (Lipinski definition) is 2. The summed E-state index contributed by atoms with van der Waals surface area (Å²) in [6, 6.07) is 16.4. The zero-order valence-electron chi connectivity index (χ0n) is 14.0. The molecular weight excluding hydrogens is 302 g/mol. The van der Waals surface area contributed by atoms with Gasteiger partial charge in [-0.05, 0) is 24.5 Å². The number of nitrogens with one attached hydrogen (secondary N) is 1. The van der Waals surface area contributed by atoms with E-state index in [4.69, 9.17) is 0 Å². The molecule has 2 aromatic rings. The van der Waals surface area contributed by atoms with E-state index in [1.165, 1.54) is 5.56 Å². The molecule has 0 radical (unpaired) electrons. The lowest BCUT2D eigenvalue weighted by Gasteiger charge is -2.18. The number of aliphatic carboxylic acids is 1. The standard InChI is InChI=1S/C20H23NO3/c1-14-8-10-17(11-9-14)12-15(2)19(22)21-18(20(23)24)13-16-6-4-3-5-7-16/h3-11,15,18H,12-13H2,1-2H3,(H,21,22)(H,23,24). The molecule has 4 nitrogen and oxygen atoms in total. The molecule has 0 fully saturated rings. The van der Waals surface area contributed by atoms with Crippen LogP contribution in [0.25, 0.3) is 0 Å². The third-order valence-corrected chi connectivity index (χ3v) is 4.01. The summed E-state index contributed by atoms with van der Waals surface area (Å²) in [6.07, 6.45) is 0.864. The second-order valence-corrected chi connectivity index (χ2v) is 6.18. The van der Waals surface area contributed by atoms with E-state index in [1.807, 2.05) is 68.4 Å². The van der Waals surface area contributed by atoms with Crippen LogP contribution in [0.5, 0.6) is 0 Å². The monoisotopic (exact) mass is 325 g/mol. The number of carbonyl (C=O) groups excluding carboxylic acids is 1. The highest BCUT2D eigenvalue weighted by Crippen LogP contribution is 2.11. The van der Waals surface area contributed by atoms with Gasteiger partial charge < -0.3 is 10.4 Å². The average Bonchev–Trinajstić information content (AvgIpc) is 2.57. The van der Waals surface area contributed by atoms with Gasteiger partial charge in [0.05, 0.1) is 0 Å². The Morgan fingerprint density at radius 3 is 2.12 bits per heavy atom. The van der Waals surface area contributed by atoms with Gasteiger partial charge in [0.25, 0.3) is 0 Å². The zero-order chi connectivity index (χ0) is 17.5. The Balaban J connectivity index is 1.96. The third-order valence-electron chi connectivity index (χ3n) is 4.01. The first-order chi connectivity index (χ1) is 11.5. The Kier molecular flexibility index (Phi) is 6.13. The minimum Gasteiger partial charge on any atom is -0.480 e. The molecule has 1 amide bonds. The van der Waals surface area contributed by atoms with Crippen molar-refractivity contribution in [2.45, 2.75) is 32.7 Å². The van der Waals surface area contributed by atoms with Crippen molar-refractivity contribution < 1.29 is 14.7 Å². The fraction of sp³-hybridized carbons (Fsp3) is 0.300. The molecule has 0 aliphatic rings.